The standard InChI is InChI=1S/C16H13F5N2O2S/c1-10(11-5-7-14(8-6-11)26(24,25)15(17)18)22-23-13-4-2-3-12(9-13)16(19,20)21/h2-9,15,23H,1H3/b22-10+. The molecule has 0 amide bonds. The molecule has 2 rings (SSSR count). The van der Waals surface area contributed by atoms with E-state index in [0.29, 0.717) is 11.3 Å². The molecule has 1 N–H and O–H groups in total. The van der Waals surface area contributed by atoms with Gasteiger partial charge in [-0.3, -0.25) is 5.43 Å². The van der Waals surface area contributed by atoms with E-state index in [0.717, 1.165) is 24.3 Å². The number of hydrazone groups is 1. The topological polar surface area (TPSA) is 58.5 Å². The van der Waals surface area contributed by atoms with Crippen LogP contribution in [0.25, 0.3) is 0 Å². The van der Waals surface area contributed by atoms with Gasteiger partial charge in [-0.25, -0.2) is 8.42 Å². The third-order valence-corrected chi connectivity index (χ3v) is 4.78. The minimum Gasteiger partial charge on any atom is -0.278 e. The van der Waals surface area contributed by atoms with Crippen LogP contribution in [0.1, 0.15) is 18.1 Å². The lowest BCUT2D eigenvalue weighted by Crippen LogP contribution is -2.11. The molecule has 0 saturated carbocycles. The van der Waals surface area contributed by atoms with Crippen LogP contribution in [0.5, 0.6) is 0 Å². The zero-order valence-corrected chi connectivity index (χ0v) is 14.1. The highest BCUT2D eigenvalue weighted by Crippen LogP contribution is 2.30. The Balaban J connectivity index is 2.18. The molecular formula is C16H13F5N2O2S. The molecule has 2 aromatic carbocycles. The summed E-state index contributed by atoms with van der Waals surface area (Å²) in [6, 6.07) is 9.01. The molecule has 26 heavy (non-hydrogen) atoms. The van der Waals surface area contributed by atoms with Crippen LogP contribution in [0.2, 0.25) is 0 Å². The summed E-state index contributed by atoms with van der Waals surface area (Å²) in [5.41, 5.74) is 2.48. The Morgan fingerprint density at radius 1 is 1.08 bits per heavy atom. The quantitative estimate of drug-likeness (QED) is 0.462. The van der Waals surface area contributed by atoms with Crippen molar-refractivity contribution < 1.29 is 30.4 Å². The number of benzene rings is 2. The Bertz CT molecular complexity index is 907. The van der Waals surface area contributed by atoms with E-state index in [1.807, 2.05) is 0 Å². The first kappa shape index (κ1) is 19.8. The molecule has 0 fully saturated rings. The summed E-state index contributed by atoms with van der Waals surface area (Å²) in [7, 11) is -4.69. The first-order chi connectivity index (χ1) is 12.0. The van der Waals surface area contributed by atoms with Crippen molar-refractivity contribution >= 4 is 21.2 Å². The van der Waals surface area contributed by atoms with Gasteiger partial charge in [0.05, 0.1) is 21.9 Å². The maximum atomic E-state index is 12.7. The van der Waals surface area contributed by atoms with Crippen LogP contribution >= 0.6 is 0 Å². The fraction of sp³-hybridized carbons (Fsp3) is 0.188. The molecule has 0 atom stereocenters. The maximum Gasteiger partial charge on any atom is 0.416 e. The van der Waals surface area contributed by atoms with Gasteiger partial charge in [0, 0.05) is 0 Å². The molecule has 0 aliphatic heterocycles. The molecule has 4 nitrogen and oxygen atoms in total. The van der Waals surface area contributed by atoms with E-state index in [9.17, 15) is 30.4 Å². The van der Waals surface area contributed by atoms with Gasteiger partial charge in [-0.2, -0.15) is 27.1 Å². The van der Waals surface area contributed by atoms with Crippen molar-refractivity contribution in [2.45, 2.75) is 23.8 Å². The van der Waals surface area contributed by atoms with E-state index >= 15 is 0 Å². The van der Waals surface area contributed by atoms with Crippen LogP contribution in [0.15, 0.2) is 58.5 Å². The molecule has 0 unspecified atom stereocenters. The number of sulfone groups is 1. The molecule has 0 aliphatic rings. The second-order valence-corrected chi connectivity index (χ2v) is 7.14. The summed E-state index contributed by atoms with van der Waals surface area (Å²) >= 11 is 0. The average molecular weight is 392 g/mol. The molecule has 0 radical (unpaired) electrons. The Hall–Kier alpha value is -2.49. The van der Waals surface area contributed by atoms with E-state index < -0.39 is 32.2 Å². The first-order valence-corrected chi connectivity index (χ1v) is 8.66. The highest BCUT2D eigenvalue weighted by atomic mass is 32.2. The van der Waals surface area contributed by atoms with E-state index in [-0.39, 0.29) is 5.69 Å². The van der Waals surface area contributed by atoms with Crippen molar-refractivity contribution in [3.8, 4) is 0 Å². The number of nitrogens with one attached hydrogen (secondary N) is 1. The van der Waals surface area contributed by atoms with Gasteiger partial charge in [0.25, 0.3) is 0 Å². The Kier molecular flexibility index (Phi) is 5.65. The first-order valence-electron chi connectivity index (χ1n) is 7.12. The van der Waals surface area contributed by atoms with Gasteiger partial charge in [0.1, 0.15) is 0 Å². The fourth-order valence-corrected chi connectivity index (χ4v) is 2.69. The van der Waals surface area contributed by atoms with Crippen LogP contribution in [0, 0.1) is 0 Å². The lowest BCUT2D eigenvalue weighted by atomic mass is 10.1. The second kappa shape index (κ2) is 7.40. The number of hydrogen-bond acceptors (Lipinski definition) is 4. The highest BCUT2D eigenvalue weighted by molar-refractivity contribution is 7.91. The molecular weight excluding hydrogens is 379 g/mol. The van der Waals surface area contributed by atoms with E-state index in [1.165, 1.54) is 31.2 Å². The van der Waals surface area contributed by atoms with Gasteiger partial charge in [-0.1, -0.05) is 18.2 Å². The summed E-state index contributed by atoms with van der Waals surface area (Å²) < 4.78 is 85.6. The number of halogens is 5. The van der Waals surface area contributed by atoms with E-state index in [1.54, 1.807) is 0 Å². The number of alkyl halides is 5. The largest absolute Gasteiger partial charge is 0.416 e. The van der Waals surface area contributed by atoms with Gasteiger partial charge >= 0.3 is 11.9 Å². The van der Waals surface area contributed by atoms with Gasteiger partial charge in [-0.15, -0.1) is 0 Å². The predicted octanol–water partition coefficient (Wildman–Crippen LogP) is 4.54. The SMILES string of the molecule is C/C(=N\Nc1cccc(C(F)(F)F)c1)c1ccc(S(=O)(=O)C(F)F)cc1. The third kappa shape index (κ3) is 4.57. The van der Waals surface area contributed by atoms with Gasteiger partial charge in [-0.05, 0) is 42.8 Å². The molecule has 0 aromatic heterocycles. The molecule has 10 heteroatoms. The van der Waals surface area contributed by atoms with Crippen LogP contribution in [-0.2, 0) is 16.0 Å². The van der Waals surface area contributed by atoms with Crippen LogP contribution in [-0.4, -0.2) is 19.9 Å². The minimum atomic E-state index is -4.69. The summed E-state index contributed by atoms with van der Waals surface area (Å²) in [6.07, 6.45) is -4.48. The van der Waals surface area contributed by atoms with Crippen molar-refractivity contribution in [1.29, 1.82) is 0 Å². The summed E-state index contributed by atoms with van der Waals surface area (Å²) in [4.78, 5) is -0.533. The van der Waals surface area contributed by atoms with Crippen molar-refractivity contribution in [2.24, 2.45) is 5.10 Å². The normalized spacial score (nSPS) is 13.1. The fourth-order valence-electron chi connectivity index (χ4n) is 1.97. The van der Waals surface area contributed by atoms with Gasteiger partial charge in [0.15, 0.2) is 0 Å². The number of hydrogen-bond donors (Lipinski definition) is 1. The Morgan fingerprint density at radius 3 is 2.23 bits per heavy atom. The van der Waals surface area contributed by atoms with Gasteiger partial charge < -0.3 is 0 Å². The zero-order valence-electron chi connectivity index (χ0n) is 13.3. The van der Waals surface area contributed by atoms with Crippen molar-refractivity contribution in [3.63, 3.8) is 0 Å². The van der Waals surface area contributed by atoms with Gasteiger partial charge in [0.2, 0.25) is 9.84 Å². The Morgan fingerprint density at radius 2 is 1.69 bits per heavy atom. The molecule has 0 saturated heterocycles. The smallest absolute Gasteiger partial charge is 0.278 e. The lowest BCUT2D eigenvalue weighted by Gasteiger charge is -2.09. The molecule has 0 spiro atoms. The molecule has 140 valence electrons. The summed E-state index contributed by atoms with van der Waals surface area (Å²) in [6.45, 7) is 1.53. The minimum absolute atomic E-state index is 0.107. The monoisotopic (exact) mass is 392 g/mol. The average Bonchev–Trinajstić information content (AvgIpc) is 2.59. The molecule has 2 aromatic rings. The van der Waals surface area contributed by atoms with Crippen molar-refractivity contribution in [1.82, 2.24) is 0 Å². The van der Waals surface area contributed by atoms with Crippen LogP contribution in [0.4, 0.5) is 27.6 Å². The summed E-state index contributed by atoms with van der Waals surface area (Å²) in [5.74, 6) is -3.52. The van der Waals surface area contributed by atoms with E-state index in [4.69, 9.17) is 0 Å². The second-order valence-electron chi connectivity index (χ2n) is 5.22. The maximum absolute atomic E-state index is 12.7. The number of nitrogens with zero attached hydrogens (tertiary/aromatic N) is 1. The molecule has 0 heterocycles. The molecule has 0 aliphatic carbocycles. The number of rotatable bonds is 5. The predicted molar refractivity (Wildman–Crippen MR) is 86.9 cm³/mol. The summed E-state index contributed by atoms with van der Waals surface area (Å²) in [5, 5.41) is 3.92. The van der Waals surface area contributed by atoms with Crippen LogP contribution in [0.3, 0.4) is 0 Å². The Labute approximate surface area is 146 Å². The zero-order chi connectivity index (χ0) is 19.5. The van der Waals surface area contributed by atoms with Crippen molar-refractivity contribution in [2.75, 3.05) is 5.43 Å². The van der Waals surface area contributed by atoms with Crippen molar-refractivity contribution in [3.05, 3.63) is 59.7 Å². The third-order valence-electron chi connectivity index (χ3n) is 3.38. The highest BCUT2D eigenvalue weighted by Gasteiger charge is 2.30. The number of anilines is 1. The molecule has 0 bridgehead atoms. The van der Waals surface area contributed by atoms with Crippen LogP contribution < -0.4 is 5.43 Å². The van der Waals surface area contributed by atoms with E-state index in [2.05, 4.69) is 10.5 Å². The lowest BCUT2D eigenvalue weighted by molar-refractivity contribution is -0.137.